The van der Waals surface area contributed by atoms with Gasteiger partial charge in [-0.2, -0.15) is 22.4 Å². The molecule has 5 heteroatoms. The maximum absolute atomic E-state index is 2.42. The average molecular weight is 466 g/mol. The monoisotopic (exact) mass is 464 g/mol. The van der Waals surface area contributed by atoms with Gasteiger partial charge in [-0.15, -0.1) is 0 Å². The van der Waals surface area contributed by atoms with Crippen molar-refractivity contribution in [2.75, 3.05) is 0 Å². The Kier molecular flexibility index (Phi) is 19.5. The van der Waals surface area contributed by atoms with Crippen LogP contribution in [0.25, 0.3) is 0 Å². The molecule has 0 nitrogen and oxygen atoms in total. The predicted molar refractivity (Wildman–Crippen MR) is 103 cm³/mol. The van der Waals surface area contributed by atoms with E-state index in [4.69, 9.17) is 0 Å². The van der Waals surface area contributed by atoms with Gasteiger partial charge in [0, 0.05) is 0 Å². The third-order valence-corrected chi connectivity index (χ3v) is 6.57. The Hall–Kier alpha value is 0.371. The van der Waals surface area contributed by atoms with Gasteiger partial charge in [0.2, 0.25) is 0 Å². The summed E-state index contributed by atoms with van der Waals surface area (Å²) in [4.78, 5) is 0. The molecule has 0 aliphatic carbocycles. The number of hydrogen-bond donors (Lipinski definition) is 0. The summed E-state index contributed by atoms with van der Waals surface area (Å²) in [6.07, 6.45) is 7.81. The fraction of sp³-hybridized carbons (Fsp3) is 0.476. The molecule has 0 heterocycles. The molecule has 2 rings (SSSR count). The molecule has 0 unspecified atom stereocenters. The summed E-state index contributed by atoms with van der Waals surface area (Å²) in [6, 6.07) is 12.0. The standard InChI is InChI=1S/C21H31Si.3ClH.Ti/c1-5-7-8-10-19-12-11-18(9-6-2)21(19)22-20-14-16(3)13-17(4)15-20;;;;/h11-15H,5-10,22H2,1-4H3;3*1H;/q-1;;;;+4/p-3. The van der Waals surface area contributed by atoms with Crippen molar-refractivity contribution in [3.63, 3.8) is 0 Å². The van der Waals surface area contributed by atoms with Crippen molar-refractivity contribution >= 4 is 19.9 Å². The molecule has 2 aromatic carbocycles. The van der Waals surface area contributed by atoms with Crippen molar-refractivity contribution in [1.82, 2.24) is 0 Å². The molecule has 0 saturated heterocycles. The molecule has 26 heavy (non-hydrogen) atoms. The van der Waals surface area contributed by atoms with Crippen LogP contribution in [0.3, 0.4) is 0 Å². The van der Waals surface area contributed by atoms with Crippen LogP contribution >= 0.6 is 0 Å². The van der Waals surface area contributed by atoms with E-state index in [1.165, 1.54) is 49.7 Å². The first-order valence-corrected chi connectivity index (χ1v) is 10.4. The minimum Gasteiger partial charge on any atom is -1.00 e. The van der Waals surface area contributed by atoms with Gasteiger partial charge in [0.15, 0.2) is 0 Å². The molecule has 0 atom stereocenters. The fourth-order valence-corrected chi connectivity index (χ4v) is 5.81. The Morgan fingerprint density at radius 1 is 0.885 bits per heavy atom. The molecule has 2 aromatic rings. The summed E-state index contributed by atoms with van der Waals surface area (Å²) in [7, 11) is -0.347. The van der Waals surface area contributed by atoms with Crippen LogP contribution in [-0.4, -0.2) is 9.52 Å². The van der Waals surface area contributed by atoms with Gasteiger partial charge < -0.3 is 37.2 Å². The maximum Gasteiger partial charge on any atom is 4.00 e. The van der Waals surface area contributed by atoms with Gasteiger partial charge in [-0.25, -0.2) is 6.07 Å². The predicted octanol–water partition coefficient (Wildman–Crippen LogP) is -5.16. The van der Waals surface area contributed by atoms with E-state index >= 15 is 0 Å². The molecular weight excluding hydrogens is 435 g/mol. The zero-order chi connectivity index (χ0) is 15.9. The number of hydrogen-bond acceptors (Lipinski definition) is 0. The van der Waals surface area contributed by atoms with E-state index in [0.717, 1.165) is 0 Å². The van der Waals surface area contributed by atoms with Gasteiger partial charge in [-0.1, -0.05) is 86.9 Å². The van der Waals surface area contributed by atoms with E-state index in [2.05, 4.69) is 58.0 Å². The third kappa shape index (κ3) is 9.53. The Bertz CT molecular complexity index is 591. The van der Waals surface area contributed by atoms with Gasteiger partial charge in [0.05, 0.1) is 9.52 Å². The first-order valence-electron chi connectivity index (χ1n) is 8.97. The van der Waals surface area contributed by atoms with Crippen molar-refractivity contribution in [3.05, 3.63) is 52.6 Å². The second-order valence-electron chi connectivity index (χ2n) is 6.74. The largest absolute Gasteiger partial charge is 4.00 e. The molecule has 144 valence electrons. The molecule has 0 saturated carbocycles. The number of rotatable bonds is 8. The fourth-order valence-electron chi connectivity index (χ4n) is 3.51. The molecule has 0 aromatic heterocycles. The van der Waals surface area contributed by atoms with Gasteiger partial charge in [-0.3, -0.25) is 0 Å². The smallest absolute Gasteiger partial charge is 1.00 e. The van der Waals surface area contributed by atoms with Crippen LogP contribution in [0.15, 0.2) is 30.3 Å². The van der Waals surface area contributed by atoms with Crippen LogP contribution in [0.2, 0.25) is 0 Å². The van der Waals surface area contributed by atoms with Crippen molar-refractivity contribution in [2.24, 2.45) is 0 Å². The molecule has 0 aliphatic heterocycles. The number of unbranched alkanes of at least 4 members (excludes halogenated alkanes) is 2. The second-order valence-corrected chi connectivity index (χ2v) is 8.62. The van der Waals surface area contributed by atoms with Gasteiger partial charge in [-0.05, 0) is 13.8 Å². The summed E-state index contributed by atoms with van der Waals surface area (Å²) in [6.45, 7) is 9.04. The van der Waals surface area contributed by atoms with Crippen molar-refractivity contribution in [1.29, 1.82) is 0 Å². The number of aryl methyl sites for hydroxylation is 4. The van der Waals surface area contributed by atoms with Crippen LogP contribution in [0.1, 0.15) is 61.8 Å². The zero-order valence-electron chi connectivity index (χ0n) is 16.5. The Labute approximate surface area is 196 Å². The second kappa shape index (κ2) is 16.3. The molecule has 0 radical (unpaired) electrons. The Morgan fingerprint density at radius 3 is 2.04 bits per heavy atom. The number of benzene rings is 1. The maximum atomic E-state index is 2.42. The minimum absolute atomic E-state index is 0. The van der Waals surface area contributed by atoms with Gasteiger partial charge >= 0.3 is 21.7 Å². The topological polar surface area (TPSA) is 0 Å². The van der Waals surface area contributed by atoms with Crippen LogP contribution in [0.4, 0.5) is 0 Å². The minimum atomic E-state index is -0.347. The first kappa shape index (κ1) is 31.1. The van der Waals surface area contributed by atoms with E-state index < -0.39 is 0 Å². The molecule has 0 N–H and O–H groups in total. The van der Waals surface area contributed by atoms with Crippen molar-refractivity contribution in [3.8, 4) is 0 Å². The average Bonchev–Trinajstić information content (AvgIpc) is 2.81. The van der Waals surface area contributed by atoms with E-state index in [1.807, 2.05) is 0 Å². The molecule has 0 aliphatic rings. The van der Waals surface area contributed by atoms with Gasteiger partial charge in [0.1, 0.15) is 0 Å². The van der Waals surface area contributed by atoms with E-state index in [-0.39, 0.29) is 68.5 Å². The van der Waals surface area contributed by atoms with Crippen molar-refractivity contribution < 1.29 is 58.9 Å². The van der Waals surface area contributed by atoms with E-state index in [9.17, 15) is 0 Å². The molecular formula is C21H31Cl3SiTi. The summed E-state index contributed by atoms with van der Waals surface area (Å²) in [5.41, 5.74) is 6.12. The Balaban J connectivity index is -0.00000132. The summed E-state index contributed by atoms with van der Waals surface area (Å²) in [5, 5.41) is 3.36. The van der Waals surface area contributed by atoms with Crippen LogP contribution < -0.4 is 47.6 Å². The Morgan fingerprint density at radius 2 is 1.50 bits per heavy atom. The van der Waals surface area contributed by atoms with E-state index in [1.54, 1.807) is 21.5 Å². The van der Waals surface area contributed by atoms with E-state index in [0.29, 0.717) is 0 Å². The molecule has 0 fully saturated rings. The zero-order valence-corrected chi connectivity index (χ0v) is 21.7. The molecule has 0 amide bonds. The van der Waals surface area contributed by atoms with Crippen LogP contribution in [0, 0.1) is 13.8 Å². The van der Waals surface area contributed by atoms with Crippen LogP contribution in [-0.2, 0) is 34.6 Å². The van der Waals surface area contributed by atoms with Crippen LogP contribution in [0.5, 0.6) is 0 Å². The third-order valence-electron chi connectivity index (χ3n) is 4.49. The summed E-state index contributed by atoms with van der Waals surface area (Å²) >= 11 is 0. The molecule has 0 spiro atoms. The van der Waals surface area contributed by atoms with Gasteiger partial charge in [0.25, 0.3) is 0 Å². The summed E-state index contributed by atoms with van der Waals surface area (Å²) in [5.74, 6) is 0. The van der Waals surface area contributed by atoms with Crippen molar-refractivity contribution in [2.45, 2.75) is 66.2 Å². The summed E-state index contributed by atoms with van der Waals surface area (Å²) < 4.78 is 0. The first-order chi connectivity index (χ1) is 10.6. The SMILES string of the molecule is CCCCC[c-]1ccc(CCC)c1[SiH2]c1cc(C)cc(C)c1.[Cl-].[Cl-].[Cl-].[Ti+4]. The molecule has 0 bridgehead atoms. The normalized spacial score (nSPS) is 9.85. The quantitative estimate of drug-likeness (QED) is 0.208. The number of halogens is 3.